The van der Waals surface area contributed by atoms with Crippen molar-refractivity contribution in [3.05, 3.63) is 87.3 Å². The van der Waals surface area contributed by atoms with Crippen LogP contribution in [-0.2, 0) is 6.18 Å². The van der Waals surface area contributed by atoms with Crippen molar-refractivity contribution in [1.82, 2.24) is 9.78 Å². The van der Waals surface area contributed by atoms with Crippen molar-refractivity contribution in [2.75, 3.05) is 5.32 Å². The van der Waals surface area contributed by atoms with Gasteiger partial charge in [0.15, 0.2) is 5.69 Å². The summed E-state index contributed by atoms with van der Waals surface area (Å²) in [5, 5.41) is 8.68. The standard InChI is InChI=1S/C21H12Cl2F3N3OS/c22-14-3-1-4-15(19(14)23)27-20(30)12-6-8-13(9-7-12)29-16(17-5-2-10-31-17)11-18(28-29)21(24,25)26/h1-11H,(H,27,30). The van der Waals surface area contributed by atoms with E-state index >= 15 is 0 Å². The van der Waals surface area contributed by atoms with Crippen LogP contribution in [0.1, 0.15) is 16.1 Å². The second-order valence-corrected chi connectivity index (χ2v) is 8.14. The summed E-state index contributed by atoms with van der Waals surface area (Å²) in [6.07, 6.45) is -4.58. The summed E-state index contributed by atoms with van der Waals surface area (Å²) in [4.78, 5) is 13.2. The highest BCUT2D eigenvalue weighted by Gasteiger charge is 2.35. The van der Waals surface area contributed by atoms with Crippen molar-refractivity contribution in [3.63, 3.8) is 0 Å². The molecule has 10 heteroatoms. The van der Waals surface area contributed by atoms with E-state index in [0.29, 0.717) is 32.5 Å². The first kappa shape index (κ1) is 21.4. The molecule has 2 aromatic carbocycles. The maximum Gasteiger partial charge on any atom is 0.435 e. The van der Waals surface area contributed by atoms with Gasteiger partial charge in [0, 0.05) is 5.56 Å². The van der Waals surface area contributed by atoms with Gasteiger partial charge in [0.2, 0.25) is 0 Å². The van der Waals surface area contributed by atoms with E-state index in [1.165, 1.54) is 40.3 Å². The zero-order chi connectivity index (χ0) is 22.2. The van der Waals surface area contributed by atoms with Gasteiger partial charge in [-0.25, -0.2) is 4.68 Å². The SMILES string of the molecule is O=C(Nc1cccc(Cl)c1Cl)c1ccc(-n2nc(C(F)(F)F)cc2-c2cccs2)cc1. The lowest BCUT2D eigenvalue weighted by atomic mass is 10.2. The molecule has 0 fully saturated rings. The van der Waals surface area contributed by atoms with Gasteiger partial charge in [-0.1, -0.05) is 35.3 Å². The summed E-state index contributed by atoms with van der Waals surface area (Å²) >= 11 is 13.3. The largest absolute Gasteiger partial charge is 0.435 e. The van der Waals surface area contributed by atoms with Gasteiger partial charge in [-0.2, -0.15) is 18.3 Å². The van der Waals surface area contributed by atoms with Crippen LogP contribution in [0.15, 0.2) is 66.0 Å². The van der Waals surface area contributed by atoms with Gasteiger partial charge in [-0.3, -0.25) is 4.79 Å². The predicted octanol–water partition coefficient (Wildman–Crippen LogP) is 7.18. The zero-order valence-corrected chi connectivity index (χ0v) is 17.8. The number of halogens is 5. The third-order valence-electron chi connectivity index (χ3n) is 4.35. The Morgan fingerprint density at radius 1 is 1.03 bits per heavy atom. The minimum Gasteiger partial charge on any atom is -0.321 e. The van der Waals surface area contributed by atoms with Gasteiger partial charge < -0.3 is 5.32 Å². The minimum absolute atomic E-state index is 0.214. The van der Waals surface area contributed by atoms with E-state index in [2.05, 4.69) is 10.4 Å². The van der Waals surface area contributed by atoms with Crippen LogP contribution in [0.5, 0.6) is 0 Å². The van der Waals surface area contributed by atoms with Gasteiger partial charge in [0.1, 0.15) is 0 Å². The van der Waals surface area contributed by atoms with Gasteiger partial charge in [-0.15, -0.1) is 11.3 Å². The van der Waals surface area contributed by atoms with Crippen LogP contribution in [0.4, 0.5) is 18.9 Å². The van der Waals surface area contributed by atoms with Crippen molar-refractivity contribution < 1.29 is 18.0 Å². The number of hydrogen-bond acceptors (Lipinski definition) is 3. The highest BCUT2D eigenvalue weighted by Crippen LogP contribution is 2.35. The number of rotatable bonds is 4. The molecule has 1 amide bonds. The molecule has 0 aliphatic carbocycles. The Kier molecular flexibility index (Phi) is 5.79. The zero-order valence-electron chi connectivity index (χ0n) is 15.5. The number of thiophene rings is 1. The average molecular weight is 482 g/mol. The molecule has 0 atom stereocenters. The number of alkyl halides is 3. The molecular weight excluding hydrogens is 470 g/mol. The van der Waals surface area contributed by atoms with E-state index in [9.17, 15) is 18.0 Å². The Morgan fingerprint density at radius 3 is 2.42 bits per heavy atom. The van der Waals surface area contributed by atoms with Crippen LogP contribution in [-0.4, -0.2) is 15.7 Å². The van der Waals surface area contributed by atoms with Gasteiger partial charge >= 0.3 is 6.18 Å². The highest BCUT2D eigenvalue weighted by atomic mass is 35.5. The van der Waals surface area contributed by atoms with Crippen LogP contribution < -0.4 is 5.32 Å². The molecular formula is C21H12Cl2F3N3OS. The summed E-state index contributed by atoms with van der Waals surface area (Å²) < 4.78 is 40.9. The van der Waals surface area contributed by atoms with Gasteiger partial charge in [0.05, 0.1) is 32.0 Å². The highest BCUT2D eigenvalue weighted by molar-refractivity contribution is 7.13. The molecule has 31 heavy (non-hydrogen) atoms. The van der Waals surface area contributed by atoms with Crippen LogP contribution in [0.3, 0.4) is 0 Å². The number of carbonyl (C=O) groups excluding carboxylic acids is 1. The first-order valence-electron chi connectivity index (χ1n) is 8.81. The number of nitrogens with zero attached hydrogens (tertiary/aromatic N) is 2. The fourth-order valence-corrected chi connectivity index (χ4v) is 3.94. The second-order valence-electron chi connectivity index (χ2n) is 6.40. The molecule has 0 radical (unpaired) electrons. The Balaban J connectivity index is 1.65. The van der Waals surface area contributed by atoms with Crippen LogP contribution in [0, 0.1) is 0 Å². The first-order chi connectivity index (χ1) is 14.7. The number of aromatic nitrogens is 2. The number of hydrogen-bond donors (Lipinski definition) is 1. The summed E-state index contributed by atoms with van der Waals surface area (Å²) in [6.45, 7) is 0. The number of benzene rings is 2. The Bertz CT molecular complexity index is 1240. The summed E-state index contributed by atoms with van der Waals surface area (Å²) in [7, 11) is 0. The van der Waals surface area contributed by atoms with Crippen molar-refractivity contribution in [1.29, 1.82) is 0 Å². The van der Waals surface area contributed by atoms with Crippen molar-refractivity contribution >= 4 is 46.1 Å². The van der Waals surface area contributed by atoms with E-state index in [1.807, 2.05) is 0 Å². The van der Waals surface area contributed by atoms with E-state index in [-0.39, 0.29) is 5.02 Å². The molecule has 0 aliphatic heterocycles. The first-order valence-corrected chi connectivity index (χ1v) is 10.4. The Labute approximate surface area is 188 Å². The van der Waals surface area contributed by atoms with E-state index in [0.717, 1.165) is 6.07 Å². The maximum atomic E-state index is 13.2. The number of nitrogens with one attached hydrogen (secondary N) is 1. The molecule has 0 unspecified atom stereocenters. The molecule has 0 spiro atoms. The lowest BCUT2D eigenvalue weighted by Gasteiger charge is -2.10. The molecule has 0 saturated carbocycles. The summed E-state index contributed by atoms with van der Waals surface area (Å²) in [6, 6.07) is 15.4. The topological polar surface area (TPSA) is 46.9 Å². The summed E-state index contributed by atoms with van der Waals surface area (Å²) in [5.74, 6) is -0.439. The maximum absolute atomic E-state index is 13.2. The fourth-order valence-electron chi connectivity index (χ4n) is 2.87. The molecule has 4 rings (SSSR count). The summed E-state index contributed by atoms with van der Waals surface area (Å²) in [5.41, 5.74) is 0.348. The smallest absolute Gasteiger partial charge is 0.321 e. The normalized spacial score (nSPS) is 11.5. The van der Waals surface area contributed by atoms with E-state index in [4.69, 9.17) is 23.2 Å². The number of anilines is 1. The van der Waals surface area contributed by atoms with Gasteiger partial charge in [-0.05, 0) is 53.9 Å². The van der Waals surface area contributed by atoms with E-state index < -0.39 is 17.8 Å². The molecule has 2 heterocycles. The number of carbonyl (C=O) groups is 1. The van der Waals surface area contributed by atoms with E-state index in [1.54, 1.807) is 35.7 Å². The Morgan fingerprint density at radius 2 is 1.77 bits per heavy atom. The van der Waals surface area contributed by atoms with Crippen molar-refractivity contribution in [3.8, 4) is 16.3 Å². The molecule has 1 N–H and O–H groups in total. The Hall–Kier alpha value is -2.81. The monoisotopic (exact) mass is 481 g/mol. The second kappa shape index (κ2) is 8.37. The van der Waals surface area contributed by atoms with Crippen LogP contribution in [0.2, 0.25) is 10.0 Å². The van der Waals surface area contributed by atoms with Crippen molar-refractivity contribution in [2.45, 2.75) is 6.18 Å². The molecule has 158 valence electrons. The molecule has 0 bridgehead atoms. The molecule has 4 nitrogen and oxygen atoms in total. The average Bonchev–Trinajstić information content (AvgIpc) is 3.41. The predicted molar refractivity (Wildman–Crippen MR) is 116 cm³/mol. The van der Waals surface area contributed by atoms with Crippen LogP contribution >= 0.6 is 34.5 Å². The third kappa shape index (κ3) is 4.46. The quantitative estimate of drug-likeness (QED) is 0.335. The fraction of sp³-hybridized carbons (Fsp3) is 0.0476. The molecule has 0 aliphatic rings. The number of amides is 1. The van der Waals surface area contributed by atoms with Crippen molar-refractivity contribution in [2.24, 2.45) is 0 Å². The van der Waals surface area contributed by atoms with Crippen LogP contribution in [0.25, 0.3) is 16.3 Å². The molecule has 0 saturated heterocycles. The molecule has 2 aromatic heterocycles. The third-order valence-corrected chi connectivity index (χ3v) is 6.06. The lowest BCUT2D eigenvalue weighted by Crippen LogP contribution is -2.12. The lowest BCUT2D eigenvalue weighted by molar-refractivity contribution is -0.141. The molecule has 4 aromatic rings. The van der Waals surface area contributed by atoms with Gasteiger partial charge in [0.25, 0.3) is 5.91 Å². The minimum atomic E-state index is -4.58.